The molecule has 10 nitrogen and oxygen atoms in total. The van der Waals surface area contributed by atoms with Crippen molar-refractivity contribution in [2.45, 2.75) is 88.4 Å². The van der Waals surface area contributed by atoms with Gasteiger partial charge >= 0.3 is 0 Å². The molecule has 3 aliphatic heterocycles. The number of likely N-dealkylation sites (tertiary alicyclic amines) is 2. The van der Waals surface area contributed by atoms with E-state index in [-0.39, 0.29) is 36.7 Å². The molecule has 0 aromatic heterocycles. The van der Waals surface area contributed by atoms with E-state index in [1.54, 1.807) is 0 Å². The van der Waals surface area contributed by atoms with Crippen LogP contribution in [0.5, 0.6) is 0 Å². The molecule has 1 saturated carbocycles. The van der Waals surface area contributed by atoms with Crippen LogP contribution in [0.25, 0.3) is 10.4 Å². The van der Waals surface area contributed by atoms with E-state index < -0.39 is 24.2 Å². The first kappa shape index (κ1) is 27.6. The number of nitrogens with one attached hydrogen (secondary N) is 1. The summed E-state index contributed by atoms with van der Waals surface area (Å²) in [7, 11) is 0. The topological polar surface area (TPSA) is 128 Å². The number of ketones is 1. The summed E-state index contributed by atoms with van der Waals surface area (Å²) in [6, 6.07) is 5.72. The maximum atomic E-state index is 13.9. The van der Waals surface area contributed by atoms with Gasteiger partial charge in [-0.25, -0.2) is 0 Å². The van der Waals surface area contributed by atoms with Crippen molar-refractivity contribution < 1.29 is 19.1 Å². The highest BCUT2D eigenvalue weighted by Gasteiger charge is 2.53. The van der Waals surface area contributed by atoms with Gasteiger partial charge in [0.15, 0.2) is 5.78 Å². The molecule has 0 unspecified atom stereocenters. The Balaban J connectivity index is 1.29. The fraction of sp³-hybridized carbons (Fsp3) is 0.690. The van der Waals surface area contributed by atoms with Crippen LogP contribution in [0.4, 0.5) is 0 Å². The number of fused-ring (bicyclic) bond motifs is 1. The highest BCUT2D eigenvalue weighted by molar-refractivity contribution is 5.99. The molecule has 3 saturated heterocycles. The molecule has 0 radical (unpaired) electrons. The normalized spacial score (nSPS) is 27.2. The van der Waals surface area contributed by atoms with Crippen molar-refractivity contribution in [2.24, 2.45) is 11.0 Å². The Hall–Kier alpha value is -2.94. The minimum Gasteiger partial charge on any atom is -0.367 e. The van der Waals surface area contributed by atoms with Crippen LogP contribution in [0, 0.1) is 5.92 Å². The van der Waals surface area contributed by atoms with Crippen molar-refractivity contribution in [1.82, 2.24) is 15.1 Å². The number of carbonyl (C=O) groups is 3. The van der Waals surface area contributed by atoms with E-state index in [0.717, 1.165) is 64.6 Å². The van der Waals surface area contributed by atoms with Gasteiger partial charge in [0.25, 0.3) is 5.91 Å². The maximum Gasteiger partial charge on any atom is 0.251 e. The molecule has 1 aromatic rings. The average molecular weight is 537 g/mol. The van der Waals surface area contributed by atoms with Crippen LogP contribution in [-0.4, -0.2) is 84.4 Å². The Bertz CT molecular complexity index is 1090. The minimum atomic E-state index is -0.765. The number of Topliss-reactive ketones (excluding diaryl/α,β-unsaturated/α-hetero) is 1. The minimum absolute atomic E-state index is 0.00262. The van der Waals surface area contributed by atoms with E-state index in [2.05, 4.69) is 39.3 Å². The summed E-state index contributed by atoms with van der Waals surface area (Å²) in [6.45, 7) is 5.61. The fourth-order valence-electron chi connectivity index (χ4n) is 6.99. The molecule has 1 aliphatic carbocycles. The zero-order valence-electron chi connectivity index (χ0n) is 22.8. The van der Waals surface area contributed by atoms with Gasteiger partial charge in [-0.2, -0.15) is 0 Å². The number of azide groups is 1. The Morgan fingerprint density at radius 3 is 2.51 bits per heavy atom. The number of rotatable bonds is 8. The first-order valence-electron chi connectivity index (χ1n) is 14.6. The predicted octanol–water partition coefficient (Wildman–Crippen LogP) is 3.81. The molecule has 4 atom stereocenters. The lowest BCUT2D eigenvalue weighted by Crippen LogP contribution is -2.55. The van der Waals surface area contributed by atoms with Gasteiger partial charge in [-0.05, 0) is 86.8 Å². The lowest BCUT2D eigenvalue weighted by atomic mass is 9.83. The Morgan fingerprint density at radius 1 is 1.13 bits per heavy atom. The number of hydrogen-bond acceptors (Lipinski definition) is 6. The lowest BCUT2D eigenvalue weighted by Gasteiger charge is -2.34. The van der Waals surface area contributed by atoms with Crippen LogP contribution >= 0.6 is 0 Å². The van der Waals surface area contributed by atoms with Crippen molar-refractivity contribution in [3.8, 4) is 0 Å². The molecule has 0 spiro atoms. The predicted molar refractivity (Wildman–Crippen MR) is 146 cm³/mol. The van der Waals surface area contributed by atoms with Gasteiger partial charge in [0.1, 0.15) is 18.7 Å². The summed E-state index contributed by atoms with van der Waals surface area (Å²) in [5.41, 5.74) is 10.8. The molecule has 1 N–H and O–H groups in total. The zero-order valence-corrected chi connectivity index (χ0v) is 22.8. The van der Waals surface area contributed by atoms with Crippen LogP contribution in [0.1, 0.15) is 80.1 Å². The summed E-state index contributed by atoms with van der Waals surface area (Å²) >= 11 is 0. The molecule has 0 bridgehead atoms. The third-order valence-corrected chi connectivity index (χ3v) is 9.09. The third kappa shape index (κ3) is 5.98. The summed E-state index contributed by atoms with van der Waals surface area (Å²) in [5.74, 6) is -0.245. The molecular weight excluding hydrogens is 496 g/mol. The second-order valence-corrected chi connectivity index (χ2v) is 11.5. The number of amides is 2. The first-order chi connectivity index (χ1) is 19.0. The van der Waals surface area contributed by atoms with Crippen molar-refractivity contribution in [2.75, 3.05) is 32.8 Å². The second-order valence-electron chi connectivity index (χ2n) is 11.5. The van der Waals surface area contributed by atoms with E-state index >= 15 is 0 Å². The van der Waals surface area contributed by atoms with Gasteiger partial charge in [-0.1, -0.05) is 43.4 Å². The highest BCUT2D eigenvalue weighted by atomic mass is 16.5. The zero-order chi connectivity index (χ0) is 27.4. The van der Waals surface area contributed by atoms with Crippen molar-refractivity contribution in [1.29, 1.82) is 0 Å². The van der Waals surface area contributed by atoms with Gasteiger partial charge < -0.3 is 19.9 Å². The fourth-order valence-corrected chi connectivity index (χ4v) is 6.99. The number of ether oxygens (including phenoxy) is 1. The molecule has 5 rings (SSSR count). The molecule has 4 fully saturated rings. The van der Waals surface area contributed by atoms with Crippen LogP contribution in [0.3, 0.4) is 0 Å². The highest BCUT2D eigenvalue weighted by Crippen LogP contribution is 2.34. The van der Waals surface area contributed by atoms with E-state index in [9.17, 15) is 14.4 Å². The summed E-state index contributed by atoms with van der Waals surface area (Å²) in [4.78, 5) is 46.9. The average Bonchev–Trinajstić information content (AvgIpc) is 3.53. The monoisotopic (exact) mass is 536 g/mol. The molecule has 3 heterocycles. The quantitative estimate of drug-likeness (QED) is 0.307. The van der Waals surface area contributed by atoms with Crippen molar-refractivity contribution >= 4 is 17.6 Å². The molecule has 1 aromatic carbocycles. The van der Waals surface area contributed by atoms with Crippen molar-refractivity contribution in [3.05, 3.63) is 45.8 Å². The van der Waals surface area contributed by atoms with Crippen LogP contribution < -0.4 is 5.32 Å². The van der Waals surface area contributed by atoms with Gasteiger partial charge in [0.05, 0.1) is 12.1 Å². The van der Waals surface area contributed by atoms with Crippen LogP contribution in [0.15, 0.2) is 29.4 Å². The van der Waals surface area contributed by atoms with Gasteiger partial charge in [-0.3, -0.25) is 14.4 Å². The van der Waals surface area contributed by atoms with Gasteiger partial charge in [0.2, 0.25) is 5.91 Å². The Kier molecular flexibility index (Phi) is 8.85. The molecule has 210 valence electrons. The standard InChI is InChI=1S/C29H40N6O4/c1-2-14-34-15-12-20(13-16-34)19-8-10-22(11-9-19)28(37)31-25(21-6-4-3-5-7-21)29(38)35-17-23(32-33-30)27-26(35)24(36)18-39-27/h8-11,20-21,23,25-27H,2-7,12-18H2,1H3,(H,31,37)/t23-,25+,26-,27-/m1/s1. The van der Waals surface area contributed by atoms with Gasteiger partial charge in [-0.15, -0.1) is 0 Å². The molecule has 10 heteroatoms. The van der Waals surface area contributed by atoms with Crippen molar-refractivity contribution in [3.63, 3.8) is 0 Å². The van der Waals surface area contributed by atoms with E-state index in [1.165, 1.54) is 16.9 Å². The van der Waals surface area contributed by atoms with E-state index in [0.29, 0.717) is 11.5 Å². The smallest absolute Gasteiger partial charge is 0.251 e. The maximum absolute atomic E-state index is 13.9. The SMILES string of the molecule is CCCN1CCC(c2ccc(C(=O)N[C@H](C(=O)N3C[C@@H](N=[N+]=[N-])[C@H]4OCC(=O)[C@H]43)C3CCCCC3)cc2)CC1. The number of benzene rings is 1. The van der Waals surface area contributed by atoms with Crippen LogP contribution in [0.2, 0.25) is 0 Å². The van der Waals surface area contributed by atoms with E-state index in [1.807, 2.05) is 12.1 Å². The van der Waals surface area contributed by atoms with Gasteiger partial charge in [0, 0.05) is 17.0 Å². The molecule has 4 aliphatic rings. The largest absolute Gasteiger partial charge is 0.367 e. The lowest BCUT2D eigenvalue weighted by molar-refractivity contribution is -0.139. The summed E-state index contributed by atoms with van der Waals surface area (Å²) in [5, 5.41) is 6.84. The Labute approximate surface area is 230 Å². The number of nitrogens with zero attached hydrogens (tertiary/aromatic N) is 5. The number of hydrogen-bond donors (Lipinski definition) is 1. The van der Waals surface area contributed by atoms with Crippen LogP contribution in [-0.2, 0) is 14.3 Å². The second kappa shape index (κ2) is 12.5. The summed E-state index contributed by atoms with van der Waals surface area (Å²) in [6.07, 6.45) is 7.62. The number of carbonyl (C=O) groups excluding carboxylic acids is 3. The molecule has 39 heavy (non-hydrogen) atoms. The number of piperidine rings is 1. The first-order valence-corrected chi connectivity index (χ1v) is 14.6. The third-order valence-electron chi connectivity index (χ3n) is 9.09. The molecule has 2 amide bonds. The van der Waals surface area contributed by atoms with E-state index in [4.69, 9.17) is 10.3 Å². The Morgan fingerprint density at radius 2 is 1.85 bits per heavy atom. The summed E-state index contributed by atoms with van der Waals surface area (Å²) < 4.78 is 5.59. The molecular formula is C29H40N6O4.